The Morgan fingerprint density at radius 1 is 1.46 bits per heavy atom. The van der Waals surface area contributed by atoms with Gasteiger partial charge < -0.3 is 5.32 Å². The lowest BCUT2D eigenvalue weighted by Crippen LogP contribution is -2.22. The molecular formula is C10H13BrFN. The Labute approximate surface area is 86.5 Å². The summed E-state index contributed by atoms with van der Waals surface area (Å²) in [6.45, 7) is 4.65. The van der Waals surface area contributed by atoms with E-state index in [0.29, 0.717) is 18.2 Å². The molecule has 1 nitrogen and oxygen atoms in total. The van der Waals surface area contributed by atoms with Crippen LogP contribution in [-0.2, 0) is 6.54 Å². The maximum absolute atomic E-state index is 13.2. The van der Waals surface area contributed by atoms with Crippen LogP contribution in [0.1, 0.15) is 19.4 Å². The van der Waals surface area contributed by atoms with Crippen molar-refractivity contribution in [2.45, 2.75) is 26.4 Å². The Morgan fingerprint density at radius 3 is 2.77 bits per heavy atom. The summed E-state index contributed by atoms with van der Waals surface area (Å²) in [5, 5.41) is 3.17. The fourth-order valence-corrected chi connectivity index (χ4v) is 1.40. The molecule has 3 heteroatoms. The van der Waals surface area contributed by atoms with Crippen LogP contribution in [0.3, 0.4) is 0 Å². The predicted molar refractivity (Wildman–Crippen MR) is 56.1 cm³/mol. The van der Waals surface area contributed by atoms with E-state index in [1.165, 1.54) is 6.07 Å². The van der Waals surface area contributed by atoms with Crippen LogP contribution in [-0.4, -0.2) is 6.04 Å². The number of benzene rings is 1. The Hall–Kier alpha value is -0.410. The summed E-state index contributed by atoms with van der Waals surface area (Å²) in [4.78, 5) is 0. The summed E-state index contributed by atoms with van der Waals surface area (Å²) in [7, 11) is 0. The highest BCUT2D eigenvalue weighted by molar-refractivity contribution is 9.10. The van der Waals surface area contributed by atoms with Crippen LogP contribution in [0.2, 0.25) is 0 Å². The molecule has 1 rings (SSSR count). The minimum atomic E-state index is -0.156. The minimum Gasteiger partial charge on any atom is -0.310 e. The van der Waals surface area contributed by atoms with Crippen LogP contribution >= 0.6 is 15.9 Å². The van der Waals surface area contributed by atoms with Crippen LogP contribution in [0, 0.1) is 5.82 Å². The zero-order chi connectivity index (χ0) is 9.84. The first-order valence-electron chi connectivity index (χ1n) is 4.27. The largest absolute Gasteiger partial charge is 0.310 e. The smallest absolute Gasteiger partial charge is 0.127 e. The number of hydrogen-bond donors (Lipinski definition) is 1. The van der Waals surface area contributed by atoms with E-state index in [1.807, 2.05) is 13.8 Å². The molecule has 1 aromatic carbocycles. The first-order chi connectivity index (χ1) is 6.09. The van der Waals surface area contributed by atoms with Crippen LogP contribution in [0.25, 0.3) is 0 Å². The Balaban J connectivity index is 2.70. The second-order valence-corrected chi connectivity index (χ2v) is 4.19. The molecule has 1 aromatic rings. The molecule has 0 saturated heterocycles. The minimum absolute atomic E-state index is 0.156. The van der Waals surface area contributed by atoms with Crippen LogP contribution in [0.5, 0.6) is 0 Å². The zero-order valence-electron chi connectivity index (χ0n) is 7.77. The molecule has 13 heavy (non-hydrogen) atoms. The lowest BCUT2D eigenvalue weighted by atomic mass is 10.2. The SMILES string of the molecule is CC(C)NCc1cc(Br)ccc1F. The van der Waals surface area contributed by atoms with Gasteiger partial charge in [0.1, 0.15) is 5.82 Å². The molecule has 0 heterocycles. The van der Waals surface area contributed by atoms with Crippen molar-refractivity contribution in [3.05, 3.63) is 34.1 Å². The molecule has 0 atom stereocenters. The van der Waals surface area contributed by atoms with E-state index in [4.69, 9.17) is 0 Å². The summed E-state index contributed by atoms with van der Waals surface area (Å²) >= 11 is 3.31. The van der Waals surface area contributed by atoms with Crippen molar-refractivity contribution >= 4 is 15.9 Å². The maximum atomic E-state index is 13.2. The van der Waals surface area contributed by atoms with E-state index in [-0.39, 0.29) is 5.82 Å². The van der Waals surface area contributed by atoms with Gasteiger partial charge in [0.25, 0.3) is 0 Å². The summed E-state index contributed by atoms with van der Waals surface area (Å²) in [6.07, 6.45) is 0. The van der Waals surface area contributed by atoms with E-state index in [1.54, 1.807) is 12.1 Å². The predicted octanol–water partition coefficient (Wildman–Crippen LogP) is 3.09. The Bertz CT molecular complexity index is 286. The number of rotatable bonds is 3. The molecule has 0 aliphatic carbocycles. The van der Waals surface area contributed by atoms with Gasteiger partial charge in [-0.2, -0.15) is 0 Å². The molecule has 0 spiro atoms. The van der Waals surface area contributed by atoms with Crippen molar-refractivity contribution in [2.24, 2.45) is 0 Å². The molecule has 0 aromatic heterocycles. The van der Waals surface area contributed by atoms with Crippen molar-refractivity contribution in [1.29, 1.82) is 0 Å². The van der Waals surface area contributed by atoms with Gasteiger partial charge in [-0.3, -0.25) is 0 Å². The van der Waals surface area contributed by atoms with Gasteiger partial charge in [0.15, 0.2) is 0 Å². The first kappa shape index (κ1) is 10.7. The molecule has 1 N–H and O–H groups in total. The van der Waals surface area contributed by atoms with Crippen molar-refractivity contribution in [3.8, 4) is 0 Å². The normalized spacial score (nSPS) is 10.8. The third-order valence-corrected chi connectivity index (χ3v) is 2.20. The topological polar surface area (TPSA) is 12.0 Å². The highest BCUT2D eigenvalue weighted by Crippen LogP contribution is 2.15. The second kappa shape index (κ2) is 4.72. The van der Waals surface area contributed by atoms with Gasteiger partial charge in [-0.1, -0.05) is 29.8 Å². The molecule has 0 amide bonds. The highest BCUT2D eigenvalue weighted by atomic mass is 79.9. The molecular weight excluding hydrogens is 233 g/mol. The monoisotopic (exact) mass is 245 g/mol. The average Bonchev–Trinajstić information content (AvgIpc) is 2.06. The third kappa shape index (κ3) is 3.44. The third-order valence-electron chi connectivity index (χ3n) is 1.71. The summed E-state index contributed by atoms with van der Waals surface area (Å²) < 4.78 is 14.1. The quantitative estimate of drug-likeness (QED) is 0.864. The zero-order valence-corrected chi connectivity index (χ0v) is 9.36. The van der Waals surface area contributed by atoms with Gasteiger partial charge in [0, 0.05) is 22.6 Å². The molecule has 0 bridgehead atoms. The van der Waals surface area contributed by atoms with Crippen molar-refractivity contribution in [3.63, 3.8) is 0 Å². The number of nitrogens with one attached hydrogen (secondary N) is 1. The summed E-state index contributed by atoms with van der Waals surface area (Å²) in [5.74, 6) is -0.156. The van der Waals surface area contributed by atoms with Gasteiger partial charge in [0.05, 0.1) is 0 Å². The van der Waals surface area contributed by atoms with Gasteiger partial charge in [-0.25, -0.2) is 4.39 Å². The maximum Gasteiger partial charge on any atom is 0.127 e. The fourth-order valence-electron chi connectivity index (χ4n) is 0.993. The Morgan fingerprint density at radius 2 is 2.15 bits per heavy atom. The van der Waals surface area contributed by atoms with E-state index in [0.717, 1.165) is 4.47 Å². The van der Waals surface area contributed by atoms with E-state index >= 15 is 0 Å². The van der Waals surface area contributed by atoms with E-state index in [2.05, 4.69) is 21.2 Å². The second-order valence-electron chi connectivity index (χ2n) is 3.27. The summed E-state index contributed by atoms with van der Waals surface area (Å²) in [5.41, 5.74) is 0.697. The van der Waals surface area contributed by atoms with Crippen molar-refractivity contribution in [2.75, 3.05) is 0 Å². The fraction of sp³-hybridized carbons (Fsp3) is 0.400. The van der Waals surface area contributed by atoms with E-state index < -0.39 is 0 Å². The highest BCUT2D eigenvalue weighted by Gasteiger charge is 2.02. The molecule has 0 radical (unpaired) electrons. The standard InChI is InChI=1S/C10H13BrFN/c1-7(2)13-6-8-5-9(11)3-4-10(8)12/h3-5,7,13H,6H2,1-2H3. The van der Waals surface area contributed by atoms with Crippen LogP contribution in [0.15, 0.2) is 22.7 Å². The van der Waals surface area contributed by atoms with Gasteiger partial charge in [0.2, 0.25) is 0 Å². The molecule has 0 saturated carbocycles. The Kier molecular flexibility index (Phi) is 3.88. The summed E-state index contributed by atoms with van der Waals surface area (Å²) in [6, 6.07) is 5.35. The molecule has 0 aliphatic rings. The molecule has 0 aliphatic heterocycles. The number of hydrogen-bond acceptors (Lipinski definition) is 1. The average molecular weight is 246 g/mol. The van der Waals surface area contributed by atoms with Crippen molar-refractivity contribution < 1.29 is 4.39 Å². The molecule has 0 fully saturated rings. The molecule has 72 valence electrons. The first-order valence-corrected chi connectivity index (χ1v) is 5.06. The van der Waals surface area contributed by atoms with Gasteiger partial charge >= 0.3 is 0 Å². The van der Waals surface area contributed by atoms with Gasteiger partial charge in [-0.15, -0.1) is 0 Å². The van der Waals surface area contributed by atoms with Crippen LogP contribution in [0.4, 0.5) is 4.39 Å². The lowest BCUT2D eigenvalue weighted by Gasteiger charge is -2.08. The lowest BCUT2D eigenvalue weighted by molar-refractivity contribution is 0.553. The van der Waals surface area contributed by atoms with Crippen LogP contribution < -0.4 is 5.32 Å². The number of halogens is 2. The van der Waals surface area contributed by atoms with Crippen molar-refractivity contribution in [1.82, 2.24) is 5.32 Å². The van der Waals surface area contributed by atoms with Gasteiger partial charge in [-0.05, 0) is 18.2 Å². The van der Waals surface area contributed by atoms with E-state index in [9.17, 15) is 4.39 Å². The molecule has 0 unspecified atom stereocenters.